The predicted molar refractivity (Wildman–Crippen MR) is 105 cm³/mol. The van der Waals surface area contributed by atoms with E-state index in [9.17, 15) is 5.26 Å². The molecule has 2 N–H and O–H groups in total. The molecular formula is C20H26N6. The fourth-order valence-electron chi connectivity index (χ4n) is 3.20. The van der Waals surface area contributed by atoms with Crippen LogP contribution < -0.4 is 15.5 Å². The summed E-state index contributed by atoms with van der Waals surface area (Å²) in [6.07, 6.45) is 1.96. The first-order chi connectivity index (χ1) is 12.6. The number of aromatic nitrogens is 2. The van der Waals surface area contributed by atoms with Crippen LogP contribution in [-0.4, -0.2) is 35.6 Å². The zero-order chi connectivity index (χ0) is 18.5. The number of nitrogens with zero attached hydrogens (tertiary/aromatic N) is 4. The number of benzene rings is 1. The third-order valence-electron chi connectivity index (χ3n) is 4.68. The van der Waals surface area contributed by atoms with Gasteiger partial charge in [-0.1, -0.05) is 19.4 Å². The molecule has 1 aromatic heterocycles. The molecule has 26 heavy (non-hydrogen) atoms. The van der Waals surface area contributed by atoms with E-state index in [1.54, 1.807) is 0 Å². The first-order valence-electron chi connectivity index (χ1n) is 9.23. The van der Waals surface area contributed by atoms with E-state index in [1.165, 1.54) is 0 Å². The summed E-state index contributed by atoms with van der Waals surface area (Å²) in [5.41, 5.74) is 3.50. The zero-order valence-electron chi connectivity index (χ0n) is 15.7. The predicted octanol–water partition coefficient (Wildman–Crippen LogP) is 3.15. The minimum absolute atomic E-state index is 0.394. The summed E-state index contributed by atoms with van der Waals surface area (Å²) in [5.74, 6) is 1.55. The number of nitrogens with one attached hydrogen (secondary N) is 2. The Morgan fingerprint density at radius 2 is 2.19 bits per heavy atom. The molecule has 6 nitrogen and oxygen atoms in total. The van der Waals surface area contributed by atoms with Crippen LogP contribution in [0.5, 0.6) is 0 Å². The number of hydrogen-bond acceptors (Lipinski definition) is 6. The molecule has 136 valence electrons. The van der Waals surface area contributed by atoms with Gasteiger partial charge in [-0.15, -0.1) is 0 Å². The Balaban J connectivity index is 1.92. The molecule has 0 amide bonds. The van der Waals surface area contributed by atoms with Crippen molar-refractivity contribution in [3.8, 4) is 6.07 Å². The molecule has 1 atom stereocenters. The van der Waals surface area contributed by atoms with Crippen LogP contribution in [0.2, 0.25) is 0 Å². The van der Waals surface area contributed by atoms with Crippen molar-refractivity contribution >= 4 is 17.5 Å². The number of rotatable bonds is 5. The van der Waals surface area contributed by atoms with Crippen molar-refractivity contribution in [2.75, 3.05) is 29.9 Å². The highest BCUT2D eigenvalue weighted by Crippen LogP contribution is 2.23. The van der Waals surface area contributed by atoms with E-state index in [4.69, 9.17) is 4.98 Å². The molecule has 1 saturated heterocycles. The van der Waals surface area contributed by atoms with Gasteiger partial charge in [0.25, 0.3) is 0 Å². The molecule has 0 bridgehead atoms. The average Bonchev–Trinajstić information content (AvgIpc) is 2.64. The lowest BCUT2D eigenvalue weighted by Crippen LogP contribution is -2.50. The van der Waals surface area contributed by atoms with Crippen molar-refractivity contribution in [3.63, 3.8) is 0 Å². The van der Waals surface area contributed by atoms with Crippen LogP contribution in [0.25, 0.3) is 0 Å². The van der Waals surface area contributed by atoms with Crippen molar-refractivity contribution in [2.45, 2.75) is 39.7 Å². The first-order valence-corrected chi connectivity index (χ1v) is 9.23. The maximum absolute atomic E-state index is 9.24. The lowest BCUT2D eigenvalue weighted by Gasteiger charge is -2.35. The quantitative estimate of drug-likeness (QED) is 0.863. The van der Waals surface area contributed by atoms with Gasteiger partial charge in [0.1, 0.15) is 5.82 Å². The number of hydrogen-bond donors (Lipinski definition) is 2. The Morgan fingerprint density at radius 3 is 2.92 bits per heavy atom. The van der Waals surface area contributed by atoms with Crippen molar-refractivity contribution in [3.05, 3.63) is 41.1 Å². The van der Waals surface area contributed by atoms with Crippen molar-refractivity contribution in [1.82, 2.24) is 15.3 Å². The molecule has 2 aromatic rings. The standard InChI is InChI=1S/C20H26N6/c1-4-5-17-11-19(26-9-8-22-13-15(26)3)25-20(23-17)24-18-7-6-14(2)16(10-18)12-21/h6-7,10-11,15,22H,4-5,8-9,13H2,1-3H3,(H,23,24,25)/t15-/m1/s1. The van der Waals surface area contributed by atoms with Gasteiger partial charge in [-0.2, -0.15) is 10.2 Å². The van der Waals surface area contributed by atoms with Crippen molar-refractivity contribution in [1.29, 1.82) is 5.26 Å². The monoisotopic (exact) mass is 350 g/mol. The number of piperazine rings is 1. The second kappa shape index (κ2) is 8.15. The van der Waals surface area contributed by atoms with E-state index in [0.717, 1.165) is 55.2 Å². The Kier molecular flexibility index (Phi) is 5.69. The van der Waals surface area contributed by atoms with Crippen LogP contribution in [0.4, 0.5) is 17.5 Å². The number of aryl methyl sites for hydroxylation is 2. The number of anilines is 3. The van der Waals surface area contributed by atoms with E-state index < -0.39 is 0 Å². The third kappa shape index (κ3) is 4.12. The van der Waals surface area contributed by atoms with Crippen molar-refractivity contribution in [2.24, 2.45) is 0 Å². The summed E-state index contributed by atoms with van der Waals surface area (Å²) >= 11 is 0. The van der Waals surface area contributed by atoms with E-state index in [2.05, 4.69) is 46.5 Å². The van der Waals surface area contributed by atoms with Gasteiger partial charge < -0.3 is 15.5 Å². The topological polar surface area (TPSA) is 76.9 Å². The molecule has 0 spiro atoms. The molecule has 0 saturated carbocycles. The molecule has 2 heterocycles. The summed E-state index contributed by atoms with van der Waals surface area (Å²) in [6, 6.07) is 10.5. The van der Waals surface area contributed by atoms with E-state index in [-0.39, 0.29) is 0 Å². The summed E-state index contributed by atoms with van der Waals surface area (Å²) in [4.78, 5) is 11.8. The smallest absolute Gasteiger partial charge is 0.229 e. The van der Waals surface area contributed by atoms with E-state index in [0.29, 0.717) is 17.6 Å². The van der Waals surface area contributed by atoms with Gasteiger partial charge in [-0.25, -0.2) is 4.98 Å². The average molecular weight is 350 g/mol. The maximum Gasteiger partial charge on any atom is 0.229 e. The van der Waals surface area contributed by atoms with E-state index >= 15 is 0 Å². The van der Waals surface area contributed by atoms with Gasteiger partial charge in [0.2, 0.25) is 5.95 Å². The zero-order valence-corrected chi connectivity index (χ0v) is 15.7. The second-order valence-corrected chi connectivity index (χ2v) is 6.80. The Labute approximate surface area is 155 Å². The fraction of sp³-hybridized carbons (Fsp3) is 0.450. The van der Waals surface area contributed by atoms with Crippen LogP contribution in [0.3, 0.4) is 0 Å². The Hall–Kier alpha value is -2.65. The lowest BCUT2D eigenvalue weighted by molar-refractivity contribution is 0.497. The van der Waals surface area contributed by atoms with Gasteiger partial charge in [0, 0.05) is 43.1 Å². The van der Waals surface area contributed by atoms with E-state index in [1.807, 2.05) is 25.1 Å². The second-order valence-electron chi connectivity index (χ2n) is 6.80. The molecule has 1 fully saturated rings. The van der Waals surface area contributed by atoms with Gasteiger partial charge >= 0.3 is 0 Å². The van der Waals surface area contributed by atoms with Crippen molar-refractivity contribution < 1.29 is 0 Å². The molecule has 0 aliphatic carbocycles. The van der Waals surface area contributed by atoms with Gasteiger partial charge in [-0.3, -0.25) is 0 Å². The van der Waals surface area contributed by atoms with Crippen LogP contribution in [0.15, 0.2) is 24.3 Å². The Bertz CT molecular complexity index is 810. The molecule has 0 radical (unpaired) electrons. The molecule has 1 aliphatic rings. The third-order valence-corrected chi connectivity index (χ3v) is 4.68. The summed E-state index contributed by atoms with van der Waals surface area (Å²) in [6.45, 7) is 9.15. The highest BCUT2D eigenvalue weighted by Gasteiger charge is 2.20. The van der Waals surface area contributed by atoms with Crippen LogP contribution in [-0.2, 0) is 6.42 Å². The minimum Gasteiger partial charge on any atom is -0.351 e. The summed E-state index contributed by atoms with van der Waals surface area (Å²) in [7, 11) is 0. The maximum atomic E-state index is 9.24. The molecule has 6 heteroatoms. The van der Waals surface area contributed by atoms with Gasteiger partial charge in [0.05, 0.1) is 11.6 Å². The van der Waals surface area contributed by atoms with Gasteiger partial charge in [0.15, 0.2) is 0 Å². The Morgan fingerprint density at radius 1 is 1.35 bits per heavy atom. The highest BCUT2D eigenvalue weighted by atomic mass is 15.3. The minimum atomic E-state index is 0.394. The lowest BCUT2D eigenvalue weighted by atomic mass is 10.1. The molecule has 1 aromatic carbocycles. The van der Waals surface area contributed by atoms with Crippen LogP contribution >= 0.6 is 0 Å². The fourth-order valence-corrected chi connectivity index (χ4v) is 3.20. The summed E-state index contributed by atoms with van der Waals surface area (Å²) < 4.78 is 0. The highest BCUT2D eigenvalue weighted by molar-refractivity contribution is 5.59. The van der Waals surface area contributed by atoms with Crippen LogP contribution in [0.1, 0.15) is 37.1 Å². The molecule has 3 rings (SSSR count). The normalized spacial score (nSPS) is 17.0. The summed E-state index contributed by atoms with van der Waals surface area (Å²) in [5, 5.41) is 15.9. The van der Waals surface area contributed by atoms with Gasteiger partial charge in [-0.05, 0) is 38.0 Å². The van der Waals surface area contributed by atoms with Crippen LogP contribution in [0, 0.1) is 18.3 Å². The first kappa shape index (κ1) is 18.2. The largest absolute Gasteiger partial charge is 0.351 e. The molecule has 0 unspecified atom stereocenters. The SMILES string of the molecule is CCCc1cc(N2CCNC[C@H]2C)nc(Nc2ccc(C)c(C#N)c2)n1. The number of nitriles is 1. The molecular weight excluding hydrogens is 324 g/mol. The molecule has 1 aliphatic heterocycles.